The minimum absolute atomic E-state index is 0.116. The van der Waals surface area contributed by atoms with Crippen LogP contribution < -0.4 is 11.1 Å². The predicted molar refractivity (Wildman–Crippen MR) is 82.8 cm³/mol. The summed E-state index contributed by atoms with van der Waals surface area (Å²) in [6, 6.07) is 3.39. The van der Waals surface area contributed by atoms with Crippen molar-refractivity contribution in [1.29, 1.82) is 0 Å². The standard InChI is InChI=1S/C15H16N4OS/c1-2-12(15-18-9-10-21-15)19-14(20)13-11(5-3-7-16)6-4-8-17-13/h4,6,8-10,12H,2,7,16H2,1H3,(H,19,20). The number of thiazole rings is 1. The Bertz CT molecular complexity index is 658. The summed E-state index contributed by atoms with van der Waals surface area (Å²) in [6.45, 7) is 2.24. The first kappa shape index (κ1) is 15.2. The zero-order valence-electron chi connectivity index (χ0n) is 11.7. The molecule has 0 aromatic carbocycles. The molecule has 2 rings (SSSR count). The van der Waals surface area contributed by atoms with Crippen LogP contribution in [0.2, 0.25) is 0 Å². The van der Waals surface area contributed by atoms with Gasteiger partial charge in [-0.15, -0.1) is 11.3 Å². The van der Waals surface area contributed by atoms with Crippen LogP contribution in [0.25, 0.3) is 0 Å². The molecule has 2 heterocycles. The van der Waals surface area contributed by atoms with Crippen LogP contribution in [0.15, 0.2) is 29.9 Å². The van der Waals surface area contributed by atoms with Crippen molar-refractivity contribution in [3.63, 3.8) is 0 Å². The third kappa shape index (κ3) is 3.88. The van der Waals surface area contributed by atoms with Crippen LogP contribution in [-0.2, 0) is 0 Å². The molecule has 2 aromatic rings. The molecule has 5 nitrogen and oxygen atoms in total. The maximum Gasteiger partial charge on any atom is 0.271 e. The number of hydrogen-bond acceptors (Lipinski definition) is 5. The second-order valence-electron chi connectivity index (χ2n) is 4.21. The first-order chi connectivity index (χ1) is 10.3. The number of nitrogens with two attached hydrogens (primary N) is 1. The molecule has 0 aliphatic carbocycles. The number of amides is 1. The van der Waals surface area contributed by atoms with Gasteiger partial charge in [-0.2, -0.15) is 0 Å². The fourth-order valence-electron chi connectivity index (χ4n) is 1.80. The lowest BCUT2D eigenvalue weighted by Gasteiger charge is -2.14. The molecule has 0 aliphatic heterocycles. The fraction of sp³-hybridized carbons (Fsp3) is 0.267. The number of hydrogen-bond donors (Lipinski definition) is 2. The average Bonchev–Trinajstić information content (AvgIpc) is 3.04. The Labute approximate surface area is 127 Å². The molecular weight excluding hydrogens is 284 g/mol. The van der Waals surface area contributed by atoms with E-state index in [1.807, 2.05) is 12.3 Å². The molecule has 0 spiro atoms. The van der Waals surface area contributed by atoms with Crippen LogP contribution in [0, 0.1) is 11.8 Å². The fourth-order valence-corrected chi connectivity index (χ4v) is 2.58. The van der Waals surface area contributed by atoms with E-state index in [2.05, 4.69) is 27.1 Å². The summed E-state index contributed by atoms with van der Waals surface area (Å²) in [7, 11) is 0. The van der Waals surface area contributed by atoms with Crippen LogP contribution >= 0.6 is 11.3 Å². The first-order valence-corrected chi connectivity index (χ1v) is 7.48. The molecule has 0 aliphatic rings. The number of aromatic nitrogens is 2. The van der Waals surface area contributed by atoms with Crippen molar-refractivity contribution < 1.29 is 4.79 Å². The number of nitrogens with one attached hydrogen (secondary N) is 1. The second kappa shape index (κ2) is 7.53. The Hall–Kier alpha value is -2.23. The van der Waals surface area contributed by atoms with Crippen molar-refractivity contribution in [3.05, 3.63) is 46.2 Å². The molecule has 1 atom stereocenters. The molecule has 1 unspecified atom stereocenters. The summed E-state index contributed by atoms with van der Waals surface area (Å²) in [5.74, 6) is 5.36. The molecule has 21 heavy (non-hydrogen) atoms. The van der Waals surface area contributed by atoms with Crippen molar-refractivity contribution in [2.45, 2.75) is 19.4 Å². The predicted octanol–water partition coefficient (Wildman–Crippen LogP) is 1.73. The van der Waals surface area contributed by atoms with Gasteiger partial charge in [0.15, 0.2) is 0 Å². The normalized spacial score (nSPS) is 11.3. The molecule has 0 saturated carbocycles. The van der Waals surface area contributed by atoms with Crippen molar-refractivity contribution in [2.24, 2.45) is 5.73 Å². The third-order valence-corrected chi connectivity index (χ3v) is 3.70. The largest absolute Gasteiger partial charge is 0.341 e. The Balaban J connectivity index is 2.20. The van der Waals surface area contributed by atoms with Crippen LogP contribution in [0.3, 0.4) is 0 Å². The van der Waals surface area contributed by atoms with E-state index in [-0.39, 0.29) is 18.5 Å². The van der Waals surface area contributed by atoms with Crippen molar-refractivity contribution in [1.82, 2.24) is 15.3 Å². The summed E-state index contributed by atoms with van der Waals surface area (Å²) >= 11 is 1.52. The zero-order valence-corrected chi connectivity index (χ0v) is 12.5. The van der Waals surface area contributed by atoms with E-state index in [1.165, 1.54) is 11.3 Å². The molecule has 0 saturated heterocycles. The molecule has 6 heteroatoms. The van der Waals surface area contributed by atoms with Crippen molar-refractivity contribution in [2.75, 3.05) is 6.54 Å². The van der Waals surface area contributed by atoms with Gasteiger partial charge >= 0.3 is 0 Å². The van der Waals surface area contributed by atoms with Crippen LogP contribution in [-0.4, -0.2) is 22.4 Å². The van der Waals surface area contributed by atoms with Crippen molar-refractivity contribution in [3.8, 4) is 11.8 Å². The van der Waals surface area contributed by atoms with Gasteiger partial charge in [0.05, 0.1) is 18.2 Å². The van der Waals surface area contributed by atoms with E-state index in [0.29, 0.717) is 11.3 Å². The number of pyridine rings is 1. The van der Waals surface area contributed by atoms with Gasteiger partial charge in [0, 0.05) is 17.8 Å². The summed E-state index contributed by atoms with van der Waals surface area (Å²) in [5, 5.41) is 5.73. The van der Waals surface area contributed by atoms with E-state index in [1.54, 1.807) is 24.5 Å². The summed E-state index contributed by atoms with van der Waals surface area (Å²) < 4.78 is 0. The highest BCUT2D eigenvalue weighted by Crippen LogP contribution is 2.19. The van der Waals surface area contributed by atoms with Crippen LogP contribution in [0.5, 0.6) is 0 Å². The van der Waals surface area contributed by atoms with E-state index < -0.39 is 0 Å². The Morgan fingerprint density at radius 2 is 2.33 bits per heavy atom. The van der Waals surface area contributed by atoms with E-state index >= 15 is 0 Å². The van der Waals surface area contributed by atoms with Crippen molar-refractivity contribution >= 4 is 17.2 Å². The van der Waals surface area contributed by atoms with Gasteiger partial charge in [-0.3, -0.25) is 4.79 Å². The molecule has 2 aromatic heterocycles. The molecular formula is C15H16N4OS. The molecule has 108 valence electrons. The van der Waals surface area contributed by atoms with Gasteiger partial charge in [0.1, 0.15) is 10.7 Å². The Morgan fingerprint density at radius 3 is 3.00 bits per heavy atom. The molecule has 0 fully saturated rings. The first-order valence-electron chi connectivity index (χ1n) is 6.60. The van der Waals surface area contributed by atoms with Crippen LogP contribution in [0.1, 0.15) is 40.4 Å². The number of nitrogens with zero attached hydrogens (tertiary/aromatic N) is 2. The lowest BCUT2D eigenvalue weighted by Crippen LogP contribution is -2.29. The van der Waals surface area contributed by atoms with Crippen LogP contribution in [0.4, 0.5) is 0 Å². The monoisotopic (exact) mass is 300 g/mol. The molecule has 3 N–H and O–H groups in total. The SMILES string of the molecule is CCC(NC(=O)c1ncccc1C#CCN)c1nccs1. The highest BCUT2D eigenvalue weighted by molar-refractivity contribution is 7.09. The van der Waals surface area contributed by atoms with Gasteiger partial charge in [-0.05, 0) is 18.6 Å². The highest BCUT2D eigenvalue weighted by atomic mass is 32.1. The topological polar surface area (TPSA) is 80.9 Å². The molecule has 0 bridgehead atoms. The smallest absolute Gasteiger partial charge is 0.271 e. The third-order valence-electron chi connectivity index (χ3n) is 2.81. The number of carbonyl (C=O) groups is 1. The Morgan fingerprint density at radius 1 is 1.48 bits per heavy atom. The lowest BCUT2D eigenvalue weighted by molar-refractivity contribution is 0.0930. The van der Waals surface area contributed by atoms with Gasteiger partial charge < -0.3 is 11.1 Å². The zero-order chi connectivity index (χ0) is 15.1. The highest BCUT2D eigenvalue weighted by Gasteiger charge is 2.18. The van der Waals surface area contributed by atoms with E-state index in [9.17, 15) is 4.79 Å². The summed E-state index contributed by atoms with van der Waals surface area (Å²) in [4.78, 5) is 20.8. The van der Waals surface area contributed by atoms with Gasteiger partial charge in [0.2, 0.25) is 0 Å². The Kier molecular flexibility index (Phi) is 5.43. The second-order valence-corrected chi connectivity index (χ2v) is 5.14. The summed E-state index contributed by atoms with van der Waals surface area (Å²) in [6.07, 6.45) is 4.07. The van der Waals surface area contributed by atoms with Gasteiger partial charge in [0.25, 0.3) is 5.91 Å². The minimum Gasteiger partial charge on any atom is -0.341 e. The minimum atomic E-state index is -0.251. The molecule has 1 amide bonds. The van der Waals surface area contributed by atoms with Gasteiger partial charge in [-0.25, -0.2) is 9.97 Å². The summed E-state index contributed by atoms with van der Waals surface area (Å²) in [5.41, 5.74) is 6.26. The maximum absolute atomic E-state index is 12.4. The van der Waals surface area contributed by atoms with E-state index in [4.69, 9.17) is 5.73 Å². The maximum atomic E-state index is 12.4. The van der Waals surface area contributed by atoms with E-state index in [0.717, 1.165) is 11.4 Å². The quantitative estimate of drug-likeness (QED) is 0.843. The average molecular weight is 300 g/mol. The van der Waals surface area contributed by atoms with Gasteiger partial charge in [-0.1, -0.05) is 18.8 Å². The number of rotatable bonds is 4. The number of carbonyl (C=O) groups excluding carboxylic acids is 1. The lowest BCUT2D eigenvalue weighted by atomic mass is 10.1. The molecule has 0 radical (unpaired) electrons.